The van der Waals surface area contributed by atoms with Crippen LogP contribution in [0.25, 0.3) is 11.2 Å². The molecule has 0 fully saturated rings. The molecule has 2 heterocycles. The van der Waals surface area contributed by atoms with Crippen molar-refractivity contribution < 1.29 is 14.3 Å². The molecule has 3 aromatic rings. The van der Waals surface area contributed by atoms with Crippen molar-refractivity contribution in [2.45, 2.75) is 18.6 Å². The Hall–Kier alpha value is -2.58. The van der Waals surface area contributed by atoms with Gasteiger partial charge in [0.2, 0.25) is 5.91 Å². The molecule has 0 radical (unpaired) electrons. The fourth-order valence-corrected chi connectivity index (χ4v) is 3.50. The number of hydrogen-bond acceptors (Lipinski definition) is 6. The average Bonchev–Trinajstić information content (AvgIpc) is 3.02. The Morgan fingerprint density at radius 2 is 2.15 bits per heavy atom. The van der Waals surface area contributed by atoms with Crippen LogP contribution in [-0.4, -0.2) is 47.0 Å². The number of carbonyl (C=O) groups is 1. The molecule has 0 aliphatic carbocycles. The van der Waals surface area contributed by atoms with Crippen molar-refractivity contribution in [2.75, 3.05) is 31.9 Å². The fraction of sp³-hybridized carbons (Fsp3) is 0.316. The normalized spacial score (nSPS) is 10.9. The van der Waals surface area contributed by atoms with Gasteiger partial charge in [0.25, 0.3) is 0 Å². The smallest absolute Gasteiger partial charge is 0.234 e. The number of carbonyl (C=O) groups excluding carboxylic acids is 1. The fourth-order valence-electron chi connectivity index (χ4n) is 2.67. The molecule has 2 aromatic heterocycles. The van der Waals surface area contributed by atoms with E-state index >= 15 is 0 Å². The van der Waals surface area contributed by atoms with E-state index in [9.17, 15) is 4.79 Å². The lowest BCUT2D eigenvalue weighted by Crippen LogP contribution is -2.15. The van der Waals surface area contributed by atoms with Crippen LogP contribution >= 0.6 is 11.8 Å². The highest BCUT2D eigenvalue weighted by Crippen LogP contribution is 2.26. The van der Waals surface area contributed by atoms with E-state index in [2.05, 4.69) is 15.3 Å². The second-order valence-electron chi connectivity index (χ2n) is 5.93. The average molecular weight is 386 g/mol. The summed E-state index contributed by atoms with van der Waals surface area (Å²) in [6, 6.07) is 9.43. The van der Waals surface area contributed by atoms with Crippen LogP contribution in [0.1, 0.15) is 5.56 Å². The highest BCUT2D eigenvalue weighted by Gasteiger charge is 2.14. The molecule has 3 rings (SSSR count). The zero-order valence-electron chi connectivity index (χ0n) is 15.6. The number of hydrogen-bond donors (Lipinski definition) is 1. The first-order chi connectivity index (χ1) is 13.1. The van der Waals surface area contributed by atoms with Crippen LogP contribution in [0.15, 0.2) is 41.7 Å². The molecule has 142 valence electrons. The van der Waals surface area contributed by atoms with Crippen molar-refractivity contribution in [3.8, 4) is 5.75 Å². The number of methoxy groups -OCH3 is 2. The number of nitrogens with zero attached hydrogens (tertiary/aromatic N) is 3. The Bertz CT molecular complexity index is 942. The Labute approximate surface area is 162 Å². The lowest BCUT2D eigenvalue weighted by molar-refractivity contribution is -0.113. The van der Waals surface area contributed by atoms with Crippen molar-refractivity contribution in [2.24, 2.45) is 0 Å². The molecule has 8 heteroatoms. The summed E-state index contributed by atoms with van der Waals surface area (Å²) in [6.07, 6.45) is 1.73. The number of imidazole rings is 1. The van der Waals surface area contributed by atoms with Gasteiger partial charge in [-0.15, -0.1) is 0 Å². The summed E-state index contributed by atoms with van der Waals surface area (Å²) in [5.74, 6) is 0.741. The van der Waals surface area contributed by atoms with Crippen molar-refractivity contribution in [3.05, 3.63) is 42.1 Å². The van der Waals surface area contributed by atoms with E-state index in [1.54, 1.807) is 20.4 Å². The molecule has 1 N–H and O–H groups in total. The number of rotatable bonds is 8. The summed E-state index contributed by atoms with van der Waals surface area (Å²) >= 11 is 1.37. The van der Waals surface area contributed by atoms with Crippen LogP contribution in [0.3, 0.4) is 0 Å². The number of anilines is 1. The number of aromatic nitrogens is 3. The quantitative estimate of drug-likeness (QED) is 0.599. The first kappa shape index (κ1) is 19.2. The van der Waals surface area contributed by atoms with Crippen LogP contribution < -0.4 is 10.1 Å². The minimum atomic E-state index is -0.123. The van der Waals surface area contributed by atoms with E-state index in [-0.39, 0.29) is 11.7 Å². The molecule has 1 amide bonds. The molecule has 0 unspecified atom stereocenters. The van der Waals surface area contributed by atoms with E-state index in [0.717, 1.165) is 21.9 Å². The van der Waals surface area contributed by atoms with E-state index in [4.69, 9.17) is 9.47 Å². The number of aryl methyl sites for hydroxylation is 1. The van der Waals surface area contributed by atoms with Gasteiger partial charge in [0.05, 0.1) is 31.7 Å². The molecule has 0 aliphatic heterocycles. The number of amides is 1. The number of benzene rings is 1. The summed E-state index contributed by atoms with van der Waals surface area (Å²) in [4.78, 5) is 21.4. The number of thioether (sulfide) groups is 1. The molecule has 27 heavy (non-hydrogen) atoms. The van der Waals surface area contributed by atoms with E-state index in [0.29, 0.717) is 24.6 Å². The Morgan fingerprint density at radius 3 is 2.93 bits per heavy atom. The van der Waals surface area contributed by atoms with Crippen LogP contribution in [0.2, 0.25) is 0 Å². The Morgan fingerprint density at radius 1 is 1.30 bits per heavy atom. The standard InChI is InChI=1S/C19H22N4O3S/c1-13-6-7-16(26-3)15(11-13)21-17(24)12-27-19-22-14-5-4-8-20-18(14)23(19)9-10-25-2/h4-8,11H,9-10,12H2,1-3H3,(H,21,24). The molecule has 0 spiro atoms. The maximum atomic E-state index is 12.4. The van der Waals surface area contributed by atoms with Crippen molar-refractivity contribution >= 4 is 34.5 Å². The number of fused-ring (bicyclic) bond motifs is 1. The maximum absolute atomic E-state index is 12.4. The molecule has 7 nitrogen and oxygen atoms in total. The second kappa shape index (κ2) is 8.88. The molecule has 0 saturated carbocycles. The predicted molar refractivity (Wildman–Crippen MR) is 106 cm³/mol. The van der Waals surface area contributed by atoms with Gasteiger partial charge in [-0.1, -0.05) is 17.8 Å². The zero-order chi connectivity index (χ0) is 19.2. The minimum Gasteiger partial charge on any atom is -0.495 e. The lowest BCUT2D eigenvalue weighted by Gasteiger charge is -2.11. The number of pyridine rings is 1. The minimum absolute atomic E-state index is 0.123. The third-order valence-corrected chi connectivity index (χ3v) is 4.93. The zero-order valence-corrected chi connectivity index (χ0v) is 16.4. The predicted octanol–water partition coefficient (Wildman–Crippen LogP) is 3.13. The van der Waals surface area contributed by atoms with Crippen LogP contribution in [-0.2, 0) is 16.1 Å². The summed E-state index contributed by atoms with van der Waals surface area (Å²) < 4.78 is 12.5. The van der Waals surface area contributed by atoms with Gasteiger partial charge in [0.15, 0.2) is 10.8 Å². The van der Waals surface area contributed by atoms with Gasteiger partial charge in [-0.25, -0.2) is 9.97 Å². The molecule has 0 saturated heterocycles. The van der Waals surface area contributed by atoms with Crippen molar-refractivity contribution in [1.29, 1.82) is 0 Å². The SMILES string of the molecule is COCCn1c(SCC(=O)Nc2cc(C)ccc2OC)nc2cccnc21. The third kappa shape index (κ3) is 4.58. The number of ether oxygens (including phenoxy) is 2. The molecule has 0 aliphatic rings. The van der Waals surface area contributed by atoms with Gasteiger partial charge in [-0.3, -0.25) is 4.79 Å². The topological polar surface area (TPSA) is 78.3 Å². The van der Waals surface area contributed by atoms with Gasteiger partial charge >= 0.3 is 0 Å². The van der Waals surface area contributed by atoms with E-state index < -0.39 is 0 Å². The number of nitrogens with one attached hydrogen (secondary N) is 1. The second-order valence-corrected chi connectivity index (χ2v) is 6.87. The van der Waals surface area contributed by atoms with Gasteiger partial charge in [0, 0.05) is 13.3 Å². The summed E-state index contributed by atoms with van der Waals surface area (Å²) in [7, 11) is 3.24. The molecule has 0 atom stereocenters. The van der Waals surface area contributed by atoms with Gasteiger partial charge in [-0.05, 0) is 36.8 Å². The van der Waals surface area contributed by atoms with E-state index in [1.807, 2.05) is 41.8 Å². The summed E-state index contributed by atoms with van der Waals surface area (Å²) in [5, 5.41) is 3.65. The maximum Gasteiger partial charge on any atom is 0.234 e. The van der Waals surface area contributed by atoms with Crippen molar-refractivity contribution in [1.82, 2.24) is 14.5 Å². The van der Waals surface area contributed by atoms with Crippen LogP contribution in [0.5, 0.6) is 5.75 Å². The lowest BCUT2D eigenvalue weighted by atomic mass is 10.2. The Balaban J connectivity index is 1.73. The molecular weight excluding hydrogens is 364 g/mol. The Kier molecular flexibility index (Phi) is 6.31. The largest absolute Gasteiger partial charge is 0.495 e. The van der Waals surface area contributed by atoms with E-state index in [1.165, 1.54) is 11.8 Å². The highest BCUT2D eigenvalue weighted by molar-refractivity contribution is 7.99. The van der Waals surface area contributed by atoms with Gasteiger partial charge < -0.3 is 19.4 Å². The van der Waals surface area contributed by atoms with Gasteiger partial charge in [0.1, 0.15) is 11.3 Å². The third-order valence-electron chi connectivity index (χ3n) is 3.95. The van der Waals surface area contributed by atoms with Crippen molar-refractivity contribution in [3.63, 3.8) is 0 Å². The van der Waals surface area contributed by atoms with Crippen LogP contribution in [0, 0.1) is 6.92 Å². The summed E-state index contributed by atoms with van der Waals surface area (Å²) in [6.45, 7) is 3.14. The van der Waals surface area contributed by atoms with Gasteiger partial charge in [-0.2, -0.15) is 0 Å². The van der Waals surface area contributed by atoms with Crippen LogP contribution in [0.4, 0.5) is 5.69 Å². The molecule has 0 bridgehead atoms. The monoisotopic (exact) mass is 386 g/mol. The first-order valence-electron chi connectivity index (χ1n) is 8.50. The highest BCUT2D eigenvalue weighted by atomic mass is 32.2. The first-order valence-corrected chi connectivity index (χ1v) is 9.48. The molecule has 1 aromatic carbocycles. The summed E-state index contributed by atoms with van der Waals surface area (Å²) in [5.41, 5.74) is 3.30. The molecular formula is C19H22N4O3S.